The minimum absolute atomic E-state index is 0.0915. The van der Waals surface area contributed by atoms with Gasteiger partial charge in [0.15, 0.2) is 0 Å². The number of hydrogen-bond acceptors (Lipinski definition) is 2. The number of allylic oxidation sites excluding steroid dienone is 1. The SMILES string of the molecule is CC(NC(=O)c1ccc(/C(F)=C/C(c2cc(Cl)c(Cl)c(Cl)c2)C(F)(F)F)cc1C(F)(F)F)c1ccccn1. The number of aromatic nitrogens is 1. The summed E-state index contributed by atoms with van der Waals surface area (Å²) < 4.78 is 97.7. The van der Waals surface area contributed by atoms with Crippen molar-refractivity contribution in [1.29, 1.82) is 0 Å². The quantitative estimate of drug-likeness (QED) is 0.227. The molecule has 0 spiro atoms. The molecule has 1 amide bonds. The Morgan fingerprint density at radius 3 is 2.13 bits per heavy atom. The Labute approximate surface area is 227 Å². The third kappa shape index (κ3) is 6.98. The number of amides is 1. The number of alkyl halides is 6. The molecule has 0 fully saturated rings. The molecule has 0 aliphatic rings. The molecule has 3 nitrogen and oxygen atoms in total. The van der Waals surface area contributed by atoms with E-state index in [0.29, 0.717) is 11.8 Å². The van der Waals surface area contributed by atoms with E-state index in [2.05, 4.69) is 10.3 Å². The van der Waals surface area contributed by atoms with Crippen LogP contribution in [0.25, 0.3) is 5.83 Å². The Hall–Kier alpha value is -2.82. The van der Waals surface area contributed by atoms with Crippen LogP contribution in [0.4, 0.5) is 30.7 Å². The van der Waals surface area contributed by atoms with E-state index in [1.807, 2.05) is 0 Å². The van der Waals surface area contributed by atoms with Gasteiger partial charge in [-0.25, -0.2) is 4.39 Å². The zero-order valence-electron chi connectivity index (χ0n) is 19.1. The number of halogens is 10. The molecule has 0 radical (unpaired) electrons. The van der Waals surface area contributed by atoms with Crippen LogP contribution >= 0.6 is 34.8 Å². The van der Waals surface area contributed by atoms with Crippen molar-refractivity contribution in [2.24, 2.45) is 0 Å². The van der Waals surface area contributed by atoms with E-state index in [1.54, 1.807) is 18.2 Å². The van der Waals surface area contributed by atoms with Crippen LogP contribution in [0, 0.1) is 0 Å². The fraction of sp³-hybridized carbons (Fsp3) is 0.200. The highest BCUT2D eigenvalue weighted by atomic mass is 35.5. The number of carbonyl (C=O) groups excluding carboxylic acids is 1. The number of nitrogens with one attached hydrogen (secondary N) is 1. The van der Waals surface area contributed by atoms with Crippen LogP contribution in [0.2, 0.25) is 15.1 Å². The zero-order chi connectivity index (χ0) is 28.4. The summed E-state index contributed by atoms with van der Waals surface area (Å²) >= 11 is 17.3. The Kier molecular flexibility index (Phi) is 9.00. The van der Waals surface area contributed by atoms with E-state index in [9.17, 15) is 31.1 Å². The molecule has 0 saturated heterocycles. The fourth-order valence-electron chi connectivity index (χ4n) is 3.48. The van der Waals surface area contributed by atoms with Gasteiger partial charge in [0, 0.05) is 11.8 Å². The highest BCUT2D eigenvalue weighted by molar-refractivity contribution is 6.48. The van der Waals surface area contributed by atoms with E-state index < -0.39 is 58.3 Å². The van der Waals surface area contributed by atoms with Crippen molar-refractivity contribution in [2.75, 3.05) is 0 Å². The summed E-state index contributed by atoms with van der Waals surface area (Å²) in [5, 5.41) is 1.50. The molecule has 38 heavy (non-hydrogen) atoms. The van der Waals surface area contributed by atoms with Crippen molar-refractivity contribution < 1.29 is 35.5 Å². The van der Waals surface area contributed by atoms with Gasteiger partial charge in [0.25, 0.3) is 5.91 Å². The minimum Gasteiger partial charge on any atom is -0.344 e. The number of hydrogen-bond donors (Lipinski definition) is 1. The first-order valence-corrected chi connectivity index (χ1v) is 11.7. The summed E-state index contributed by atoms with van der Waals surface area (Å²) in [6.07, 6.45) is -8.67. The van der Waals surface area contributed by atoms with Crippen molar-refractivity contribution in [2.45, 2.75) is 31.2 Å². The van der Waals surface area contributed by atoms with E-state index >= 15 is 4.39 Å². The molecular formula is C25H16Cl3F7N2O. The second kappa shape index (κ2) is 11.5. The molecule has 0 saturated carbocycles. The number of benzene rings is 2. The molecule has 0 aliphatic carbocycles. The largest absolute Gasteiger partial charge is 0.417 e. The van der Waals surface area contributed by atoms with E-state index in [-0.39, 0.29) is 27.2 Å². The monoisotopic (exact) mass is 598 g/mol. The number of rotatable bonds is 6. The van der Waals surface area contributed by atoms with Gasteiger partial charge in [0.05, 0.1) is 37.9 Å². The first-order chi connectivity index (χ1) is 17.6. The first-order valence-electron chi connectivity index (χ1n) is 10.6. The van der Waals surface area contributed by atoms with Gasteiger partial charge in [-0.05, 0) is 55.0 Å². The standard InChI is InChI=1S/C25H16Cl3F7N2O/c1-12(21-4-2-3-7-36-21)37-23(38)15-6-5-13(8-17(15)25(33,34)35)20(29)11-16(24(30,31)32)14-9-18(26)22(28)19(27)10-14/h2-12,16H,1H3,(H,37,38)/b20-11-. The highest BCUT2D eigenvalue weighted by Crippen LogP contribution is 2.42. The fourth-order valence-corrected chi connectivity index (χ4v) is 4.10. The number of carbonyl (C=O) groups is 1. The maximum Gasteiger partial charge on any atom is 0.417 e. The number of pyridine rings is 1. The van der Waals surface area contributed by atoms with Crippen LogP contribution < -0.4 is 5.32 Å². The lowest BCUT2D eigenvalue weighted by Gasteiger charge is -2.19. The third-order valence-corrected chi connectivity index (χ3v) is 6.55. The maximum atomic E-state index is 15.0. The molecule has 1 heterocycles. The topological polar surface area (TPSA) is 42.0 Å². The summed E-state index contributed by atoms with van der Waals surface area (Å²) in [6.45, 7) is 1.50. The lowest BCUT2D eigenvalue weighted by Crippen LogP contribution is -2.29. The van der Waals surface area contributed by atoms with Crippen LogP contribution in [0.1, 0.15) is 51.6 Å². The molecule has 1 aromatic heterocycles. The van der Waals surface area contributed by atoms with E-state index in [0.717, 1.165) is 18.2 Å². The van der Waals surface area contributed by atoms with Gasteiger partial charge in [0.2, 0.25) is 0 Å². The van der Waals surface area contributed by atoms with Crippen LogP contribution in [0.3, 0.4) is 0 Å². The lowest BCUT2D eigenvalue weighted by molar-refractivity contribution is -0.140. The first kappa shape index (κ1) is 29.7. The van der Waals surface area contributed by atoms with Gasteiger partial charge in [0.1, 0.15) is 11.7 Å². The Balaban J connectivity index is 2.01. The summed E-state index contributed by atoms with van der Waals surface area (Å²) in [4.78, 5) is 16.6. The van der Waals surface area contributed by atoms with Gasteiger partial charge >= 0.3 is 12.4 Å². The normalized spacial score (nSPS) is 14.2. The average Bonchev–Trinajstić information content (AvgIpc) is 2.84. The summed E-state index contributed by atoms with van der Waals surface area (Å²) in [5.74, 6) is -5.37. The van der Waals surface area contributed by atoms with Crippen molar-refractivity contribution in [1.82, 2.24) is 10.3 Å². The molecule has 3 aromatic rings. The van der Waals surface area contributed by atoms with Gasteiger partial charge in [-0.15, -0.1) is 0 Å². The summed E-state index contributed by atoms with van der Waals surface area (Å²) in [7, 11) is 0. The molecule has 1 N–H and O–H groups in total. The molecule has 2 unspecified atom stereocenters. The molecule has 3 rings (SSSR count). The second-order valence-electron chi connectivity index (χ2n) is 8.04. The summed E-state index contributed by atoms with van der Waals surface area (Å²) in [6, 6.07) is 7.40. The van der Waals surface area contributed by atoms with Crippen LogP contribution in [-0.2, 0) is 6.18 Å². The number of nitrogens with zero attached hydrogens (tertiary/aromatic N) is 1. The summed E-state index contributed by atoms with van der Waals surface area (Å²) in [5.41, 5.74) is -3.42. The predicted octanol–water partition coefficient (Wildman–Crippen LogP) is 9.21. The third-order valence-electron chi connectivity index (χ3n) is 5.36. The molecular weight excluding hydrogens is 584 g/mol. The second-order valence-corrected chi connectivity index (χ2v) is 9.23. The van der Waals surface area contributed by atoms with Crippen molar-refractivity contribution in [3.8, 4) is 0 Å². The Morgan fingerprint density at radius 1 is 0.974 bits per heavy atom. The molecule has 0 bridgehead atoms. The molecule has 0 aliphatic heterocycles. The Morgan fingerprint density at radius 2 is 1.61 bits per heavy atom. The molecule has 13 heteroatoms. The predicted molar refractivity (Wildman–Crippen MR) is 131 cm³/mol. The van der Waals surface area contributed by atoms with Gasteiger partial charge < -0.3 is 5.32 Å². The van der Waals surface area contributed by atoms with Crippen LogP contribution in [0.15, 0.2) is 60.8 Å². The van der Waals surface area contributed by atoms with Crippen molar-refractivity contribution in [3.05, 3.63) is 104 Å². The van der Waals surface area contributed by atoms with Crippen molar-refractivity contribution in [3.63, 3.8) is 0 Å². The van der Waals surface area contributed by atoms with Gasteiger partial charge in [-0.3, -0.25) is 9.78 Å². The smallest absolute Gasteiger partial charge is 0.344 e. The van der Waals surface area contributed by atoms with Crippen LogP contribution in [0.5, 0.6) is 0 Å². The minimum atomic E-state index is -5.13. The average molecular weight is 600 g/mol. The molecule has 202 valence electrons. The lowest BCUT2D eigenvalue weighted by atomic mass is 9.95. The maximum absolute atomic E-state index is 15.0. The highest BCUT2D eigenvalue weighted by Gasteiger charge is 2.41. The van der Waals surface area contributed by atoms with E-state index in [4.69, 9.17) is 34.8 Å². The van der Waals surface area contributed by atoms with Crippen LogP contribution in [-0.4, -0.2) is 17.1 Å². The van der Waals surface area contributed by atoms with Gasteiger partial charge in [-0.2, -0.15) is 26.3 Å². The van der Waals surface area contributed by atoms with E-state index in [1.165, 1.54) is 13.1 Å². The zero-order valence-corrected chi connectivity index (χ0v) is 21.3. The van der Waals surface area contributed by atoms with Gasteiger partial charge in [-0.1, -0.05) is 46.9 Å². The Bertz CT molecular complexity index is 1340. The molecule has 2 aromatic carbocycles. The van der Waals surface area contributed by atoms with Crippen molar-refractivity contribution >= 4 is 46.5 Å². The molecule has 2 atom stereocenters.